The Hall–Kier alpha value is -1.29. The fourth-order valence-corrected chi connectivity index (χ4v) is 5.36. The van der Waals surface area contributed by atoms with Crippen molar-refractivity contribution in [1.29, 1.82) is 0 Å². The lowest BCUT2D eigenvalue weighted by Gasteiger charge is -2.34. The van der Waals surface area contributed by atoms with Crippen LogP contribution in [0.3, 0.4) is 0 Å². The molecule has 1 aliphatic carbocycles. The first-order valence-electron chi connectivity index (χ1n) is 7.82. The van der Waals surface area contributed by atoms with Gasteiger partial charge in [-0.3, -0.25) is 0 Å². The summed E-state index contributed by atoms with van der Waals surface area (Å²) >= 11 is 1.78. The van der Waals surface area contributed by atoms with Crippen LogP contribution in [0.4, 0.5) is 5.82 Å². The third-order valence-electron chi connectivity index (χ3n) is 4.63. The lowest BCUT2D eigenvalue weighted by Crippen LogP contribution is -2.51. The molecule has 23 heavy (non-hydrogen) atoms. The monoisotopic (exact) mass is 353 g/mol. The van der Waals surface area contributed by atoms with Gasteiger partial charge in [0.1, 0.15) is 17.0 Å². The molecule has 7 nitrogen and oxygen atoms in total. The fourth-order valence-electron chi connectivity index (χ4n) is 3.47. The van der Waals surface area contributed by atoms with Crippen LogP contribution in [0.25, 0.3) is 10.2 Å². The van der Waals surface area contributed by atoms with Crippen molar-refractivity contribution in [3.8, 4) is 0 Å². The number of rotatable bonds is 2. The number of piperazine rings is 1. The average molecular weight is 353 g/mol. The van der Waals surface area contributed by atoms with Crippen molar-refractivity contribution in [3.63, 3.8) is 0 Å². The largest absolute Gasteiger partial charge is 0.353 e. The molecule has 1 fully saturated rings. The Morgan fingerprint density at radius 3 is 2.57 bits per heavy atom. The maximum Gasteiger partial charge on any atom is 0.277 e. The first-order valence-corrected chi connectivity index (χ1v) is 10.1. The number of aromatic nitrogens is 2. The van der Waals surface area contributed by atoms with Gasteiger partial charge in [-0.1, -0.05) is 0 Å². The van der Waals surface area contributed by atoms with Crippen LogP contribution in [0.15, 0.2) is 6.33 Å². The van der Waals surface area contributed by atoms with Gasteiger partial charge in [-0.15, -0.1) is 11.3 Å². The highest BCUT2D eigenvalue weighted by atomic mass is 32.2. The molecule has 0 bridgehead atoms. The second kappa shape index (κ2) is 5.66. The number of nitrogens with two attached hydrogens (primary N) is 1. The lowest BCUT2D eigenvalue weighted by molar-refractivity contribution is 0.385. The number of nitrogens with zero attached hydrogens (tertiary/aromatic N) is 4. The Morgan fingerprint density at radius 2 is 1.83 bits per heavy atom. The molecule has 0 amide bonds. The molecule has 0 radical (unpaired) electrons. The average Bonchev–Trinajstić information content (AvgIpc) is 2.93. The summed E-state index contributed by atoms with van der Waals surface area (Å²) in [5, 5.41) is 6.39. The second-order valence-electron chi connectivity index (χ2n) is 6.02. The van der Waals surface area contributed by atoms with Crippen molar-refractivity contribution in [3.05, 3.63) is 16.8 Å². The van der Waals surface area contributed by atoms with Crippen molar-refractivity contribution in [1.82, 2.24) is 14.3 Å². The van der Waals surface area contributed by atoms with Gasteiger partial charge in [0, 0.05) is 31.1 Å². The van der Waals surface area contributed by atoms with Crippen LogP contribution in [0.5, 0.6) is 0 Å². The highest BCUT2D eigenvalue weighted by Gasteiger charge is 2.27. The van der Waals surface area contributed by atoms with E-state index in [1.807, 2.05) is 0 Å². The molecule has 3 heterocycles. The summed E-state index contributed by atoms with van der Waals surface area (Å²) in [6.45, 7) is 2.01. The maximum atomic E-state index is 11.5. The van der Waals surface area contributed by atoms with Gasteiger partial charge in [-0.25, -0.2) is 15.1 Å². The van der Waals surface area contributed by atoms with E-state index in [0.717, 1.165) is 23.5 Å². The fraction of sp³-hybridized carbons (Fsp3) is 0.571. The molecule has 2 N–H and O–H groups in total. The van der Waals surface area contributed by atoms with Crippen LogP contribution in [-0.2, 0) is 23.1 Å². The van der Waals surface area contributed by atoms with Crippen molar-refractivity contribution in [2.24, 2.45) is 5.14 Å². The quantitative estimate of drug-likeness (QED) is 0.866. The lowest BCUT2D eigenvalue weighted by atomic mass is 9.97. The van der Waals surface area contributed by atoms with Crippen LogP contribution in [0, 0.1) is 0 Å². The first-order chi connectivity index (χ1) is 11.0. The molecule has 0 spiro atoms. The minimum atomic E-state index is -3.60. The van der Waals surface area contributed by atoms with Gasteiger partial charge < -0.3 is 4.90 Å². The molecule has 1 aliphatic heterocycles. The van der Waals surface area contributed by atoms with Crippen LogP contribution >= 0.6 is 11.3 Å². The Kier molecular flexibility index (Phi) is 3.75. The first kappa shape index (κ1) is 15.3. The predicted octanol–water partition coefficient (Wildman–Crippen LogP) is 0.896. The zero-order chi connectivity index (χ0) is 16.0. The molecular formula is C14H19N5O2S2. The van der Waals surface area contributed by atoms with E-state index >= 15 is 0 Å². The molecule has 2 aromatic heterocycles. The maximum absolute atomic E-state index is 11.5. The van der Waals surface area contributed by atoms with Crippen LogP contribution in [-0.4, -0.2) is 48.9 Å². The van der Waals surface area contributed by atoms with Gasteiger partial charge in [-0.05, 0) is 31.2 Å². The number of fused-ring (bicyclic) bond motifs is 3. The normalized spacial score (nSPS) is 20.0. The molecule has 2 aliphatic rings. The van der Waals surface area contributed by atoms with E-state index in [0.29, 0.717) is 26.2 Å². The topological polar surface area (TPSA) is 92.4 Å². The van der Waals surface area contributed by atoms with Gasteiger partial charge in [0.15, 0.2) is 0 Å². The van der Waals surface area contributed by atoms with E-state index in [-0.39, 0.29) is 0 Å². The summed E-state index contributed by atoms with van der Waals surface area (Å²) < 4.78 is 24.2. The number of aryl methyl sites for hydroxylation is 2. The predicted molar refractivity (Wildman–Crippen MR) is 91.0 cm³/mol. The number of thiophene rings is 1. The van der Waals surface area contributed by atoms with Gasteiger partial charge in [0.25, 0.3) is 10.2 Å². The molecule has 2 aromatic rings. The number of hydrogen-bond acceptors (Lipinski definition) is 6. The van der Waals surface area contributed by atoms with E-state index in [9.17, 15) is 8.42 Å². The summed E-state index contributed by atoms with van der Waals surface area (Å²) in [4.78, 5) is 13.6. The minimum Gasteiger partial charge on any atom is -0.353 e. The molecule has 4 rings (SSSR count). The minimum absolute atomic E-state index is 0.399. The summed E-state index contributed by atoms with van der Waals surface area (Å²) in [5.74, 6) is 0.948. The molecular weight excluding hydrogens is 334 g/mol. The van der Waals surface area contributed by atoms with E-state index in [4.69, 9.17) is 5.14 Å². The molecule has 0 unspecified atom stereocenters. The number of hydrogen-bond donors (Lipinski definition) is 1. The zero-order valence-corrected chi connectivity index (χ0v) is 14.4. The van der Waals surface area contributed by atoms with Crippen molar-refractivity contribution in [2.45, 2.75) is 25.7 Å². The molecule has 0 atom stereocenters. The van der Waals surface area contributed by atoms with E-state index < -0.39 is 10.2 Å². The van der Waals surface area contributed by atoms with Crippen LogP contribution < -0.4 is 10.0 Å². The summed E-state index contributed by atoms with van der Waals surface area (Å²) in [6, 6.07) is 0. The number of anilines is 1. The van der Waals surface area contributed by atoms with Gasteiger partial charge >= 0.3 is 0 Å². The highest BCUT2D eigenvalue weighted by Crippen LogP contribution is 2.39. The molecule has 1 saturated heterocycles. The van der Waals surface area contributed by atoms with Crippen molar-refractivity contribution < 1.29 is 8.42 Å². The molecule has 0 aromatic carbocycles. The van der Waals surface area contributed by atoms with Crippen molar-refractivity contribution >= 4 is 37.6 Å². The standard InChI is InChI=1S/C14H19N5O2S2/c15-23(20,21)19-7-5-18(6-8-19)13-12-10-3-1-2-4-11(10)22-14(12)17-9-16-13/h9H,1-8H2,(H2,15,20,21). The molecule has 0 saturated carbocycles. The van der Waals surface area contributed by atoms with Gasteiger partial charge in [0.2, 0.25) is 0 Å². The second-order valence-corrected chi connectivity index (χ2v) is 8.65. The van der Waals surface area contributed by atoms with Gasteiger partial charge in [0.05, 0.1) is 5.39 Å². The van der Waals surface area contributed by atoms with Crippen molar-refractivity contribution in [2.75, 3.05) is 31.1 Å². The Labute approximate surface area is 139 Å². The Bertz CT molecular complexity index is 840. The summed E-state index contributed by atoms with van der Waals surface area (Å²) in [7, 11) is -3.60. The molecule has 9 heteroatoms. The SMILES string of the molecule is NS(=O)(=O)N1CCN(c2ncnc3sc4c(c23)CCCC4)CC1. The van der Waals surface area contributed by atoms with E-state index in [1.165, 1.54) is 33.0 Å². The third-order valence-corrected chi connectivity index (χ3v) is 6.91. The summed E-state index contributed by atoms with van der Waals surface area (Å²) in [6.07, 6.45) is 6.30. The van der Waals surface area contributed by atoms with E-state index in [1.54, 1.807) is 17.7 Å². The molecule has 124 valence electrons. The summed E-state index contributed by atoms with van der Waals surface area (Å²) in [5.41, 5.74) is 1.40. The highest BCUT2D eigenvalue weighted by molar-refractivity contribution is 7.86. The smallest absolute Gasteiger partial charge is 0.277 e. The van der Waals surface area contributed by atoms with E-state index in [2.05, 4.69) is 14.9 Å². The third kappa shape index (κ3) is 2.71. The van der Waals surface area contributed by atoms with Gasteiger partial charge in [-0.2, -0.15) is 12.7 Å². The Morgan fingerprint density at radius 1 is 1.09 bits per heavy atom. The zero-order valence-electron chi connectivity index (χ0n) is 12.7. The van der Waals surface area contributed by atoms with Crippen LogP contribution in [0.2, 0.25) is 0 Å². The Balaban J connectivity index is 1.69. The van der Waals surface area contributed by atoms with Crippen LogP contribution in [0.1, 0.15) is 23.3 Å².